The van der Waals surface area contributed by atoms with Crippen LogP contribution in [0.25, 0.3) is 0 Å². The predicted molar refractivity (Wildman–Crippen MR) is 103 cm³/mol. The van der Waals surface area contributed by atoms with Crippen LogP contribution >= 0.6 is 0 Å². The first-order chi connectivity index (χ1) is 13.5. The molecule has 2 amide bonds. The number of rotatable bonds is 5. The maximum Gasteiger partial charge on any atom is 0.223 e. The first-order valence-corrected chi connectivity index (χ1v) is 10.3. The quantitative estimate of drug-likeness (QED) is 0.786. The van der Waals surface area contributed by atoms with Gasteiger partial charge in [0.05, 0.1) is 6.54 Å². The summed E-state index contributed by atoms with van der Waals surface area (Å²) < 4.78 is 10.5. The molecule has 0 radical (unpaired) electrons. The Morgan fingerprint density at radius 2 is 2.04 bits per heavy atom. The van der Waals surface area contributed by atoms with Crippen molar-refractivity contribution in [3.05, 3.63) is 17.5 Å². The van der Waals surface area contributed by atoms with E-state index in [1.807, 2.05) is 14.0 Å². The number of ether oxygens (including phenoxy) is 1. The largest absolute Gasteiger partial charge is 0.381 e. The summed E-state index contributed by atoms with van der Waals surface area (Å²) in [6.45, 7) is 4.42. The van der Waals surface area contributed by atoms with Crippen LogP contribution < -0.4 is 10.6 Å². The fourth-order valence-electron chi connectivity index (χ4n) is 3.98. The van der Waals surface area contributed by atoms with Gasteiger partial charge in [-0.2, -0.15) is 0 Å². The zero-order valence-electron chi connectivity index (χ0n) is 16.9. The summed E-state index contributed by atoms with van der Waals surface area (Å²) in [7, 11) is 1.83. The second-order valence-electron chi connectivity index (χ2n) is 8.00. The van der Waals surface area contributed by atoms with Crippen molar-refractivity contribution < 1.29 is 18.8 Å². The fourth-order valence-corrected chi connectivity index (χ4v) is 3.98. The van der Waals surface area contributed by atoms with Gasteiger partial charge in [-0.05, 0) is 32.6 Å². The third-order valence-electron chi connectivity index (χ3n) is 5.63. The molecule has 2 aliphatic heterocycles. The molecule has 0 aliphatic carbocycles. The molecule has 0 spiro atoms. The average molecular weight is 393 g/mol. The van der Waals surface area contributed by atoms with Crippen LogP contribution in [0.15, 0.2) is 10.6 Å². The van der Waals surface area contributed by atoms with Gasteiger partial charge in [-0.15, -0.1) is 0 Å². The van der Waals surface area contributed by atoms with E-state index in [9.17, 15) is 9.59 Å². The Bertz CT molecular complexity index is 656. The second-order valence-corrected chi connectivity index (χ2v) is 8.00. The maximum absolute atomic E-state index is 12.6. The Kier molecular flexibility index (Phi) is 7.44. The molecule has 0 bridgehead atoms. The van der Waals surface area contributed by atoms with Crippen molar-refractivity contribution in [1.29, 1.82) is 0 Å². The number of aromatic nitrogens is 1. The number of aryl methyl sites for hydroxylation is 1. The van der Waals surface area contributed by atoms with E-state index in [-0.39, 0.29) is 30.2 Å². The monoisotopic (exact) mass is 392 g/mol. The van der Waals surface area contributed by atoms with Gasteiger partial charge in [0.1, 0.15) is 11.5 Å². The molecular weight excluding hydrogens is 360 g/mol. The topological polar surface area (TPSA) is 96.7 Å². The number of hydrogen-bond acceptors (Lipinski definition) is 6. The van der Waals surface area contributed by atoms with Gasteiger partial charge in [0.15, 0.2) is 0 Å². The smallest absolute Gasteiger partial charge is 0.223 e. The SMILES string of the molecule is Cc1cc(CNC(=O)C2CCCC(NC3CCOCC3)CN(C)C(=O)C2)no1. The van der Waals surface area contributed by atoms with Gasteiger partial charge in [-0.25, -0.2) is 0 Å². The minimum atomic E-state index is -0.301. The standard InChI is InChI=1S/C20H32N4O4/c1-14-10-18(23-28-14)12-21-20(26)15-4-3-5-17(13-24(2)19(25)11-15)22-16-6-8-27-9-7-16/h10,15-17,22H,3-9,11-13H2,1-2H3,(H,21,26). The summed E-state index contributed by atoms with van der Waals surface area (Å²) in [6, 6.07) is 2.51. The highest BCUT2D eigenvalue weighted by Gasteiger charge is 2.28. The molecule has 1 aromatic rings. The Balaban J connectivity index is 1.53. The highest BCUT2D eigenvalue weighted by Crippen LogP contribution is 2.20. The number of carbonyl (C=O) groups excluding carboxylic acids is 2. The Morgan fingerprint density at radius 3 is 2.75 bits per heavy atom. The lowest BCUT2D eigenvalue weighted by Gasteiger charge is -2.30. The van der Waals surface area contributed by atoms with Crippen LogP contribution in [0, 0.1) is 12.8 Å². The molecule has 8 heteroatoms. The average Bonchev–Trinajstić information content (AvgIpc) is 3.12. The molecular formula is C20H32N4O4. The van der Waals surface area contributed by atoms with Crippen LogP contribution in [0.4, 0.5) is 0 Å². The Hall–Kier alpha value is -1.93. The number of nitrogens with zero attached hydrogens (tertiary/aromatic N) is 2. The zero-order valence-corrected chi connectivity index (χ0v) is 16.9. The van der Waals surface area contributed by atoms with E-state index in [0.29, 0.717) is 30.6 Å². The first kappa shape index (κ1) is 20.8. The molecule has 2 N–H and O–H groups in total. The third kappa shape index (κ3) is 6.04. The van der Waals surface area contributed by atoms with Crippen LogP contribution in [0.3, 0.4) is 0 Å². The van der Waals surface area contributed by atoms with E-state index >= 15 is 0 Å². The molecule has 156 valence electrons. The number of amides is 2. The van der Waals surface area contributed by atoms with Gasteiger partial charge >= 0.3 is 0 Å². The van der Waals surface area contributed by atoms with E-state index in [0.717, 1.165) is 45.3 Å². The van der Waals surface area contributed by atoms with Crippen LogP contribution in [0.5, 0.6) is 0 Å². The lowest BCUT2D eigenvalue weighted by molar-refractivity contribution is -0.135. The van der Waals surface area contributed by atoms with Gasteiger partial charge < -0.3 is 24.8 Å². The molecule has 2 aliphatic rings. The molecule has 0 saturated carbocycles. The molecule has 28 heavy (non-hydrogen) atoms. The van der Waals surface area contributed by atoms with E-state index in [2.05, 4.69) is 15.8 Å². The summed E-state index contributed by atoms with van der Waals surface area (Å²) in [5.74, 6) is 0.354. The predicted octanol–water partition coefficient (Wildman–Crippen LogP) is 1.39. The number of nitrogens with one attached hydrogen (secondary N) is 2. The first-order valence-electron chi connectivity index (χ1n) is 10.3. The summed E-state index contributed by atoms with van der Waals surface area (Å²) in [6.07, 6.45) is 4.88. The lowest BCUT2D eigenvalue weighted by atomic mass is 9.96. The van der Waals surface area contributed by atoms with Gasteiger partial charge in [-0.3, -0.25) is 9.59 Å². The highest BCUT2D eigenvalue weighted by molar-refractivity contribution is 5.85. The molecule has 2 unspecified atom stereocenters. The normalized spacial score (nSPS) is 25.1. The lowest BCUT2D eigenvalue weighted by Crippen LogP contribution is -2.47. The van der Waals surface area contributed by atoms with Crippen molar-refractivity contribution in [2.24, 2.45) is 5.92 Å². The Labute approximate surface area is 166 Å². The molecule has 2 atom stereocenters. The number of hydrogen-bond donors (Lipinski definition) is 2. The van der Waals surface area contributed by atoms with Crippen molar-refractivity contribution in [3.8, 4) is 0 Å². The van der Waals surface area contributed by atoms with Gasteiger partial charge in [0.2, 0.25) is 11.8 Å². The zero-order chi connectivity index (χ0) is 19.9. The summed E-state index contributed by atoms with van der Waals surface area (Å²) in [5.41, 5.74) is 0.693. The van der Waals surface area contributed by atoms with Crippen LogP contribution in [-0.4, -0.2) is 60.8 Å². The molecule has 1 aromatic heterocycles. The van der Waals surface area contributed by atoms with Gasteiger partial charge in [-0.1, -0.05) is 11.6 Å². The fraction of sp³-hybridized carbons (Fsp3) is 0.750. The van der Waals surface area contributed by atoms with Crippen molar-refractivity contribution >= 4 is 11.8 Å². The van der Waals surface area contributed by atoms with Gasteiger partial charge in [0, 0.05) is 57.3 Å². The minimum absolute atomic E-state index is 0.0260. The van der Waals surface area contributed by atoms with Gasteiger partial charge in [0.25, 0.3) is 0 Å². The van der Waals surface area contributed by atoms with E-state index < -0.39 is 0 Å². The van der Waals surface area contributed by atoms with Crippen LogP contribution in [0.2, 0.25) is 0 Å². The van der Waals surface area contributed by atoms with Crippen LogP contribution in [-0.2, 0) is 20.9 Å². The van der Waals surface area contributed by atoms with Crippen molar-refractivity contribution in [2.75, 3.05) is 26.8 Å². The maximum atomic E-state index is 12.6. The Morgan fingerprint density at radius 1 is 1.25 bits per heavy atom. The minimum Gasteiger partial charge on any atom is -0.381 e. The van der Waals surface area contributed by atoms with Crippen molar-refractivity contribution in [1.82, 2.24) is 20.7 Å². The van der Waals surface area contributed by atoms with Crippen LogP contribution in [0.1, 0.15) is 50.0 Å². The number of carbonyl (C=O) groups is 2. The molecule has 0 aromatic carbocycles. The second kappa shape index (κ2) is 10.0. The molecule has 3 rings (SSSR count). The summed E-state index contributed by atoms with van der Waals surface area (Å²) in [5, 5.41) is 10.5. The van der Waals surface area contributed by atoms with E-state index in [4.69, 9.17) is 9.26 Å². The van der Waals surface area contributed by atoms with E-state index in [1.54, 1.807) is 11.0 Å². The third-order valence-corrected chi connectivity index (χ3v) is 5.63. The summed E-state index contributed by atoms with van der Waals surface area (Å²) >= 11 is 0. The van der Waals surface area contributed by atoms with Crippen molar-refractivity contribution in [3.63, 3.8) is 0 Å². The molecule has 3 heterocycles. The van der Waals surface area contributed by atoms with E-state index in [1.165, 1.54) is 0 Å². The molecule has 2 fully saturated rings. The molecule has 8 nitrogen and oxygen atoms in total. The molecule has 2 saturated heterocycles. The highest BCUT2D eigenvalue weighted by atomic mass is 16.5. The summed E-state index contributed by atoms with van der Waals surface area (Å²) in [4.78, 5) is 27.0. The van der Waals surface area contributed by atoms with Crippen molar-refractivity contribution in [2.45, 2.75) is 64.1 Å². The number of likely N-dealkylation sites (N-methyl/N-ethyl adjacent to an activating group) is 1.